The summed E-state index contributed by atoms with van der Waals surface area (Å²) in [6.45, 7) is 0.599. The van der Waals surface area contributed by atoms with Crippen molar-refractivity contribution in [1.82, 2.24) is 15.0 Å². The molecule has 7 nitrogen and oxygen atoms in total. The molecule has 1 saturated carbocycles. The van der Waals surface area contributed by atoms with Gasteiger partial charge in [-0.25, -0.2) is 9.97 Å². The van der Waals surface area contributed by atoms with Gasteiger partial charge in [-0.15, -0.1) is 0 Å². The van der Waals surface area contributed by atoms with E-state index in [0.717, 1.165) is 47.2 Å². The smallest absolute Gasteiger partial charge is 0.221 e. The maximum absolute atomic E-state index is 12.0. The van der Waals surface area contributed by atoms with Crippen LogP contribution in [0.2, 0.25) is 0 Å². The highest BCUT2D eigenvalue weighted by molar-refractivity contribution is 7.59. The zero-order chi connectivity index (χ0) is 19.5. The number of hydrogen-bond acceptors (Lipinski definition) is 5. The van der Waals surface area contributed by atoms with Crippen LogP contribution in [0.3, 0.4) is 0 Å². The van der Waals surface area contributed by atoms with Gasteiger partial charge in [-0.05, 0) is 18.9 Å². The molecule has 0 bridgehead atoms. The van der Waals surface area contributed by atoms with Gasteiger partial charge in [0.1, 0.15) is 5.65 Å². The molecule has 2 heterocycles. The van der Waals surface area contributed by atoms with Crippen LogP contribution in [0, 0.1) is 5.92 Å². The van der Waals surface area contributed by atoms with Gasteiger partial charge in [0.15, 0.2) is 5.82 Å². The minimum Gasteiger partial charge on any atom is -0.394 e. The Labute approximate surface area is 176 Å². The first-order valence-electron chi connectivity index (χ1n) is 9.60. The van der Waals surface area contributed by atoms with Crippen molar-refractivity contribution in [2.24, 2.45) is 11.7 Å². The van der Waals surface area contributed by atoms with E-state index in [2.05, 4.69) is 4.98 Å². The van der Waals surface area contributed by atoms with Gasteiger partial charge in [-0.3, -0.25) is 4.79 Å². The number of aromatic amines is 1. The summed E-state index contributed by atoms with van der Waals surface area (Å²) in [5.41, 5.74) is 9.05. The number of nitrogens with zero attached hydrogens (tertiary/aromatic N) is 2. The number of hydrogen-bond donors (Lipinski definition) is 3. The van der Waals surface area contributed by atoms with Gasteiger partial charge in [0.2, 0.25) is 5.91 Å². The number of fused-ring (bicyclic) bond motifs is 1. The fourth-order valence-corrected chi connectivity index (χ4v) is 4.04. The Hall–Kier alpha value is -2.42. The summed E-state index contributed by atoms with van der Waals surface area (Å²) in [5.74, 6) is 0.152. The highest BCUT2D eigenvalue weighted by atomic mass is 32.1. The Morgan fingerprint density at radius 2 is 2.03 bits per heavy atom. The fourth-order valence-electron chi connectivity index (χ4n) is 4.04. The second-order valence-corrected chi connectivity index (χ2v) is 7.18. The third-order valence-corrected chi connectivity index (χ3v) is 5.33. The molecule has 154 valence electrons. The molecule has 1 aliphatic rings. The molecule has 0 radical (unpaired) electrons. The van der Waals surface area contributed by atoms with Crippen LogP contribution in [0.15, 0.2) is 36.4 Å². The monoisotopic (exact) mass is 414 g/mol. The van der Waals surface area contributed by atoms with E-state index in [-0.39, 0.29) is 44.5 Å². The van der Waals surface area contributed by atoms with E-state index < -0.39 is 0 Å². The molecule has 0 spiro atoms. The molecular formula is C21H26N4O3S. The van der Waals surface area contributed by atoms with Crippen LogP contribution in [0.1, 0.15) is 36.6 Å². The van der Waals surface area contributed by atoms with Crippen LogP contribution < -0.4 is 5.73 Å². The van der Waals surface area contributed by atoms with Crippen molar-refractivity contribution < 1.29 is 14.6 Å². The molecule has 1 fully saturated rings. The molecule has 0 aliphatic heterocycles. The Balaban J connectivity index is 0.00000240. The summed E-state index contributed by atoms with van der Waals surface area (Å²) >= 11 is 0. The average Bonchev–Trinajstić information content (AvgIpc) is 3.35. The lowest BCUT2D eigenvalue weighted by atomic mass is 9.90. The minimum absolute atomic E-state index is 0. The molecular weight excluding hydrogens is 388 g/mol. The molecule has 4 N–H and O–H groups in total. The predicted molar refractivity (Wildman–Crippen MR) is 116 cm³/mol. The summed E-state index contributed by atoms with van der Waals surface area (Å²) in [4.78, 5) is 24.9. The largest absolute Gasteiger partial charge is 0.394 e. The van der Waals surface area contributed by atoms with E-state index in [4.69, 9.17) is 25.5 Å². The number of H-pyrrole nitrogens is 1. The van der Waals surface area contributed by atoms with E-state index in [9.17, 15) is 4.79 Å². The van der Waals surface area contributed by atoms with Crippen molar-refractivity contribution in [3.05, 3.63) is 47.8 Å². The van der Waals surface area contributed by atoms with Crippen LogP contribution in [-0.2, 0) is 16.1 Å². The van der Waals surface area contributed by atoms with Crippen molar-refractivity contribution >= 4 is 30.4 Å². The SMILES string of the molecule is NC(=O)[C@@H]1CCCC1c1nc(-c2ccccc2)nc2[nH]c(COCCO)cc12.S. The number of aliphatic hydroxyl groups is 1. The average molecular weight is 415 g/mol. The summed E-state index contributed by atoms with van der Waals surface area (Å²) in [6, 6.07) is 11.8. The Morgan fingerprint density at radius 1 is 1.24 bits per heavy atom. The summed E-state index contributed by atoms with van der Waals surface area (Å²) in [6.07, 6.45) is 2.64. The number of amides is 1. The number of carbonyl (C=O) groups excluding carboxylic acids is 1. The second kappa shape index (κ2) is 9.39. The van der Waals surface area contributed by atoms with Gasteiger partial charge in [0.05, 0.1) is 25.5 Å². The van der Waals surface area contributed by atoms with Crippen molar-refractivity contribution in [2.75, 3.05) is 13.2 Å². The van der Waals surface area contributed by atoms with Crippen LogP contribution in [0.4, 0.5) is 0 Å². The van der Waals surface area contributed by atoms with Crippen LogP contribution >= 0.6 is 13.5 Å². The zero-order valence-electron chi connectivity index (χ0n) is 16.1. The van der Waals surface area contributed by atoms with Gasteiger partial charge in [0, 0.05) is 28.5 Å². The van der Waals surface area contributed by atoms with Crippen LogP contribution in [0.25, 0.3) is 22.4 Å². The number of primary amides is 1. The Kier molecular flexibility index (Phi) is 6.89. The second-order valence-electron chi connectivity index (χ2n) is 7.18. The van der Waals surface area contributed by atoms with Crippen molar-refractivity contribution in [3.8, 4) is 11.4 Å². The highest BCUT2D eigenvalue weighted by Crippen LogP contribution is 2.41. The summed E-state index contributed by atoms with van der Waals surface area (Å²) in [7, 11) is 0. The Bertz CT molecular complexity index is 977. The van der Waals surface area contributed by atoms with Gasteiger partial charge in [-0.2, -0.15) is 13.5 Å². The lowest BCUT2D eigenvalue weighted by Crippen LogP contribution is -2.25. The van der Waals surface area contributed by atoms with Gasteiger partial charge in [-0.1, -0.05) is 36.8 Å². The molecule has 1 unspecified atom stereocenters. The maximum atomic E-state index is 12.0. The van der Waals surface area contributed by atoms with Crippen LogP contribution in [0.5, 0.6) is 0 Å². The molecule has 3 aromatic rings. The first-order valence-corrected chi connectivity index (χ1v) is 9.60. The third-order valence-electron chi connectivity index (χ3n) is 5.33. The first kappa shape index (κ1) is 21.3. The van der Waals surface area contributed by atoms with Crippen molar-refractivity contribution in [2.45, 2.75) is 31.8 Å². The molecule has 2 atom stereocenters. The number of ether oxygens (including phenoxy) is 1. The number of carbonyl (C=O) groups is 1. The molecule has 4 rings (SSSR count). The zero-order valence-corrected chi connectivity index (χ0v) is 17.1. The third kappa shape index (κ3) is 4.44. The van der Waals surface area contributed by atoms with E-state index in [1.807, 2.05) is 36.4 Å². The topological polar surface area (TPSA) is 114 Å². The maximum Gasteiger partial charge on any atom is 0.221 e. The normalized spacial score (nSPS) is 18.7. The molecule has 1 aromatic carbocycles. The number of aliphatic hydroxyl groups excluding tert-OH is 1. The Morgan fingerprint density at radius 3 is 2.76 bits per heavy atom. The lowest BCUT2D eigenvalue weighted by Gasteiger charge is -2.17. The highest BCUT2D eigenvalue weighted by Gasteiger charge is 2.35. The molecule has 0 saturated heterocycles. The molecule has 2 aromatic heterocycles. The molecule has 1 amide bonds. The van der Waals surface area contributed by atoms with E-state index in [0.29, 0.717) is 12.4 Å². The van der Waals surface area contributed by atoms with Gasteiger partial charge >= 0.3 is 0 Å². The quantitative estimate of drug-likeness (QED) is 0.514. The van der Waals surface area contributed by atoms with Crippen molar-refractivity contribution in [1.29, 1.82) is 0 Å². The number of nitrogens with two attached hydrogens (primary N) is 1. The van der Waals surface area contributed by atoms with E-state index in [1.54, 1.807) is 0 Å². The fraction of sp³-hybridized carbons (Fsp3) is 0.381. The number of aromatic nitrogens is 3. The number of rotatable bonds is 7. The van der Waals surface area contributed by atoms with Gasteiger partial charge in [0.25, 0.3) is 0 Å². The number of benzene rings is 1. The van der Waals surface area contributed by atoms with E-state index >= 15 is 0 Å². The van der Waals surface area contributed by atoms with Gasteiger partial charge < -0.3 is 20.6 Å². The van der Waals surface area contributed by atoms with Crippen LogP contribution in [-0.4, -0.2) is 39.2 Å². The lowest BCUT2D eigenvalue weighted by molar-refractivity contribution is -0.122. The molecule has 8 heteroatoms. The standard InChI is InChI=1S/C21H24N4O3.H2S/c22-19(27)16-8-4-7-15(16)18-17-11-14(12-28-10-9-26)23-21(17)25-20(24-18)13-5-2-1-3-6-13;/h1-3,5-6,11,15-16,26H,4,7-10,12H2,(H2,22,27)(H,23,24,25);1H2/t15?,16-;/m1./s1. The van der Waals surface area contributed by atoms with E-state index in [1.165, 1.54) is 0 Å². The number of nitrogens with one attached hydrogen (secondary N) is 1. The van der Waals surface area contributed by atoms with Crippen molar-refractivity contribution in [3.63, 3.8) is 0 Å². The first-order chi connectivity index (χ1) is 13.7. The minimum atomic E-state index is -0.266. The molecule has 1 aliphatic carbocycles. The molecule has 29 heavy (non-hydrogen) atoms. The summed E-state index contributed by atoms with van der Waals surface area (Å²) in [5, 5.41) is 9.82. The predicted octanol–water partition coefficient (Wildman–Crippen LogP) is 2.62. The summed E-state index contributed by atoms with van der Waals surface area (Å²) < 4.78 is 5.43.